The Balaban J connectivity index is 1.55. The Morgan fingerprint density at radius 3 is 2.29 bits per heavy atom. The van der Waals surface area contributed by atoms with E-state index in [0.717, 1.165) is 61.9 Å². The third-order valence-corrected chi connectivity index (χ3v) is 7.81. The van der Waals surface area contributed by atoms with Gasteiger partial charge in [-0.2, -0.15) is 4.98 Å². The van der Waals surface area contributed by atoms with Crippen molar-refractivity contribution < 1.29 is 4.42 Å². The summed E-state index contributed by atoms with van der Waals surface area (Å²) in [6.45, 7) is 1.81. The first-order valence-corrected chi connectivity index (χ1v) is 12.3. The Morgan fingerprint density at radius 1 is 0.971 bits per heavy atom. The Kier molecular flexibility index (Phi) is 5.23. The van der Waals surface area contributed by atoms with E-state index in [-0.39, 0.29) is 11.1 Å². The summed E-state index contributed by atoms with van der Waals surface area (Å²) in [6.07, 6.45) is 5.43. The maximum absolute atomic E-state index is 13.6. The van der Waals surface area contributed by atoms with Crippen molar-refractivity contribution in [3.63, 3.8) is 0 Å². The van der Waals surface area contributed by atoms with E-state index >= 15 is 0 Å². The van der Waals surface area contributed by atoms with E-state index < -0.39 is 0 Å². The molecule has 4 aromatic rings. The van der Waals surface area contributed by atoms with Crippen LogP contribution in [0.5, 0.6) is 0 Å². The summed E-state index contributed by atoms with van der Waals surface area (Å²) in [7, 11) is 1.80. The van der Waals surface area contributed by atoms with Gasteiger partial charge in [0.05, 0.1) is 5.54 Å². The first-order chi connectivity index (χ1) is 16.6. The highest BCUT2D eigenvalue weighted by Gasteiger charge is 2.38. The average Bonchev–Trinajstić information content (AvgIpc) is 3.50. The second-order valence-electron chi connectivity index (χ2n) is 9.43. The van der Waals surface area contributed by atoms with Gasteiger partial charge in [0.2, 0.25) is 11.7 Å². The predicted molar refractivity (Wildman–Crippen MR) is 136 cm³/mol. The smallest absolute Gasteiger partial charge is 0.266 e. The molecule has 0 spiro atoms. The summed E-state index contributed by atoms with van der Waals surface area (Å²) in [5.41, 5.74) is 3.95. The van der Waals surface area contributed by atoms with E-state index in [2.05, 4.69) is 34.0 Å². The summed E-state index contributed by atoms with van der Waals surface area (Å²) >= 11 is 6.09. The summed E-state index contributed by atoms with van der Waals surface area (Å²) < 4.78 is 8.04. The molecule has 1 saturated carbocycles. The number of benzene rings is 2. The molecule has 0 unspecified atom stereocenters. The predicted octanol–water partition coefficient (Wildman–Crippen LogP) is 5.58. The zero-order valence-corrected chi connectivity index (χ0v) is 19.9. The second kappa shape index (κ2) is 8.29. The van der Waals surface area contributed by atoms with E-state index in [1.54, 1.807) is 11.6 Å². The minimum atomic E-state index is -0.154. The minimum Gasteiger partial charge on any atom is -0.437 e. The molecule has 6 rings (SSSR count). The zero-order valence-electron chi connectivity index (χ0n) is 19.2. The highest BCUT2D eigenvalue weighted by atomic mass is 35.5. The fourth-order valence-corrected chi connectivity index (χ4v) is 5.61. The van der Waals surface area contributed by atoms with Gasteiger partial charge in [-0.25, -0.2) is 4.84 Å². The standard InChI is InChI=1S/C27H27ClN4O2/c1-31-25(33)22-21(18-8-3-2-4-9-18)23(34-24(22)29-26(31)32-16-5-6-17-32)19-10-12-20(13-11-19)27(30-28)14-7-15-27/h2-4,8-13,30H,5-7,14-17H2,1H3. The van der Waals surface area contributed by atoms with Crippen molar-refractivity contribution in [1.82, 2.24) is 14.4 Å². The maximum Gasteiger partial charge on any atom is 0.266 e. The molecule has 1 aliphatic carbocycles. The third-order valence-electron chi connectivity index (χ3n) is 7.45. The summed E-state index contributed by atoms with van der Waals surface area (Å²) in [6, 6.07) is 18.3. The molecule has 2 fully saturated rings. The summed E-state index contributed by atoms with van der Waals surface area (Å²) in [4.78, 5) is 23.6. The SMILES string of the molecule is Cn1c(N2CCCC2)nc2oc(-c3ccc(C4(NCl)CCC4)cc3)c(-c3ccccc3)c2c1=O. The van der Waals surface area contributed by atoms with E-state index in [4.69, 9.17) is 21.2 Å². The van der Waals surface area contributed by atoms with Gasteiger partial charge in [0, 0.05) is 31.3 Å². The number of anilines is 1. The van der Waals surface area contributed by atoms with Crippen molar-refractivity contribution in [2.45, 2.75) is 37.6 Å². The van der Waals surface area contributed by atoms with Crippen LogP contribution in [0.1, 0.15) is 37.7 Å². The lowest BCUT2D eigenvalue weighted by molar-refractivity contribution is 0.227. The van der Waals surface area contributed by atoms with Gasteiger partial charge in [-0.15, -0.1) is 0 Å². The molecule has 0 radical (unpaired) electrons. The molecule has 7 heteroatoms. The van der Waals surface area contributed by atoms with E-state index in [9.17, 15) is 4.79 Å². The van der Waals surface area contributed by atoms with Crippen LogP contribution in [0.25, 0.3) is 33.6 Å². The van der Waals surface area contributed by atoms with Gasteiger partial charge in [-0.3, -0.25) is 9.36 Å². The van der Waals surface area contributed by atoms with Gasteiger partial charge in [0.1, 0.15) is 11.1 Å². The molecule has 0 atom stereocenters. The largest absolute Gasteiger partial charge is 0.437 e. The highest BCUT2D eigenvalue weighted by Crippen LogP contribution is 2.44. The average molecular weight is 475 g/mol. The molecule has 0 bridgehead atoms. The van der Waals surface area contributed by atoms with Crippen LogP contribution >= 0.6 is 11.8 Å². The first kappa shape index (κ1) is 21.4. The molecule has 3 heterocycles. The van der Waals surface area contributed by atoms with Gasteiger partial charge in [-0.1, -0.05) is 54.6 Å². The van der Waals surface area contributed by atoms with Crippen molar-refractivity contribution in [2.24, 2.45) is 7.05 Å². The van der Waals surface area contributed by atoms with Gasteiger partial charge < -0.3 is 9.32 Å². The van der Waals surface area contributed by atoms with E-state index in [1.807, 2.05) is 30.3 Å². The molecule has 1 aliphatic heterocycles. The van der Waals surface area contributed by atoms with Crippen molar-refractivity contribution in [2.75, 3.05) is 18.0 Å². The van der Waals surface area contributed by atoms with Crippen LogP contribution < -0.4 is 15.3 Å². The fraction of sp³-hybridized carbons (Fsp3) is 0.333. The quantitative estimate of drug-likeness (QED) is 0.382. The molecule has 6 nitrogen and oxygen atoms in total. The zero-order chi connectivity index (χ0) is 23.3. The van der Waals surface area contributed by atoms with Crippen molar-refractivity contribution in [3.05, 3.63) is 70.5 Å². The molecule has 2 aliphatic rings. The van der Waals surface area contributed by atoms with Crippen molar-refractivity contribution >= 4 is 28.8 Å². The lowest BCUT2D eigenvalue weighted by Gasteiger charge is -2.41. The third kappa shape index (κ3) is 3.28. The van der Waals surface area contributed by atoms with Gasteiger partial charge >= 0.3 is 0 Å². The number of nitrogens with zero attached hydrogens (tertiary/aromatic N) is 3. The Hall–Kier alpha value is -3.09. The normalized spacial score (nSPS) is 17.3. The molecular formula is C27H27ClN4O2. The van der Waals surface area contributed by atoms with Crippen LogP contribution in [-0.4, -0.2) is 22.6 Å². The molecule has 174 valence electrons. The molecule has 0 amide bonds. The maximum atomic E-state index is 13.6. The monoisotopic (exact) mass is 474 g/mol. The number of fused-ring (bicyclic) bond motifs is 1. The molecule has 1 N–H and O–H groups in total. The first-order valence-electron chi connectivity index (χ1n) is 11.9. The van der Waals surface area contributed by atoms with Crippen LogP contribution in [0.15, 0.2) is 63.8 Å². The van der Waals surface area contributed by atoms with Gasteiger partial charge in [-0.05, 0) is 55.0 Å². The van der Waals surface area contributed by atoms with Crippen LogP contribution in [-0.2, 0) is 12.6 Å². The minimum absolute atomic E-state index is 0.0860. The molecule has 34 heavy (non-hydrogen) atoms. The number of aromatic nitrogens is 2. The number of hydrogen-bond donors (Lipinski definition) is 1. The lowest BCUT2D eigenvalue weighted by atomic mass is 9.72. The Morgan fingerprint density at radius 2 is 1.68 bits per heavy atom. The number of rotatable bonds is 5. The Labute approximate surface area is 203 Å². The summed E-state index contributed by atoms with van der Waals surface area (Å²) in [5.74, 6) is 1.34. The molecular weight excluding hydrogens is 448 g/mol. The summed E-state index contributed by atoms with van der Waals surface area (Å²) in [5, 5.41) is 0.522. The van der Waals surface area contributed by atoms with Crippen LogP contribution in [0, 0.1) is 0 Å². The number of hydrogen-bond acceptors (Lipinski definition) is 5. The highest BCUT2D eigenvalue weighted by molar-refractivity contribution is 6.14. The van der Waals surface area contributed by atoms with E-state index in [1.165, 1.54) is 5.56 Å². The fourth-order valence-electron chi connectivity index (χ4n) is 5.31. The lowest BCUT2D eigenvalue weighted by Crippen LogP contribution is -2.43. The molecule has 2 aromatic heterocycles. The van der Waals surface area contributed by atoms with E-state index in [0.29, 0.717) is 22.8 Å². The number of furan rings is 1. The van der Waals surface area contributed by atoms with Gasteiger partial charge in [0.25, 0.3) is 5.56 Å². The van der Waals surface area contributed by atoms with Gasteiger partial charge in [0.15, 0.2) is 0 Å². The van der Waals surface area contributed by atoms with Crippen molar-refractivity contribution in [1.29, 1.82) is 0 Å². The van der Waals surface area contributed by atoms with Crippen LogP contribution in [0.2, 0.25) is 0 Å². The Bertz CT molecular complexity index is 1390. The molecule has 2 aromatic carbocycles. The van der Waals surface area contributed by atoms with Crippen LogP contribution in [0.3, 0.4) is 0 Å². The topological polar surface area (TPSA) is 63.3 Å². The van der Waals surface area contributed by atoms with Crippen molar-refractivity contribution in [3.8, 4) is 22.5 Å². The van der Waals surface area contributed by atoms with Crippen LogP contribution in [0.4, 0.5) is 5.95 Å². The number of halogens is 1. The number of nitrogens with one attached hydrogen (secondary N) is 1. The molecule has 1 saturated heterocycles. The second-order valence-corrected chi connectivity index (χ2v) is 9.62.